The zero-order chi connectivity index (χ0) is 24.4. The van der Waals surface area contributed by atoms with Gasteiger partial charge in [-0.05, 0) is 71.8 Å². The molecule has 0 fully saturated rings. The van der Waals surface area contributed by atoms with Crippen molar-refractivity contribution >= 4 is 34.6 Å². The Labute approximate surface area is 209 Å². The molecule has 8 heteroatoms. The third-order valence-electron chi connectivity index (χ3n) is 5.40. The van der Waals surface area contributed by atoms with Gasteiger partial charge in [0.15, 0.2) is 5.06 Å². The summed E-state index contributed by atoms with van der Waals surface area (Å²) in [6.07, 6.45) is 4.34. The lowest BCUT2D eigenvalue weighted by atomic mass is 10.0. The second kappa shape index (κ2) is 9.77. The molecule has 2 aromatic carbocycles. The molecule has 35 heavy (non-hydrogen) atoms. The van der Waals surface area contributed by atoms with E-state index in [0.29, 0.717) is 32.4 Å². The van der Waals surface area contributed by atoms with Crippen LogP contribution < -0.4 is 9.47 Å². The van der Waals surface area contributed by atoms with E-state index in [-0.39, 0.29) is 17.2 Å². The van der Waals surface area contributed by atoms with Crippen LogP contribution in [0.25, 0.3) is 21.6 Å². The molecule has 4 aromatic rings. The minimum absolute atomic E-state index is 0.0386. The first-order valence-electron chi connectivity index (χ1n) is 10.9. The number of aromatic hydroxyl groups is 1. The summed E-state index contributed by atoms with van der Waals surface area (Å²) in [6, 6.07) is 15.8. The summed E-state index contributed by atoms with van der Waals surface area (Å²) in [6.45, 7) is 2.01. The molecular formula is C27H20O6S2. The van der Waals surface area contributed by atoms with Crippen molar-refractivity contribution < 1.29 is 28.9 Å². The second-order valence-corrected chi connectivity index (χ2v) is 9.55. The van der Waals surface area contributed by atoms with Crippen LogP contribution in [0.1, 0.15) is 32.5 Å². The smallest absolute Gasteiger partial charge is 0.355 e. The van der Waals surface area contributed by atoms with Gasteiger partial charge in [0, 0.05) is 5.56 Å². The summed E-state index contributed by atoms with van der Waals surface area (Å²) >= 11 is 2.45. The van der Waals surface area contributed by atoms with Crippen molar-refractivity contribution in [2.45, 2.75) is 13.3 Å². The molecule has 0 amide bonds. The van der Waals surface area contributed by atoms with Gasteiger partial charge in [-0.3, -0.25) is 0 Å². The number of esters is 2. The highest BCUT2D eigenvalue weighted by Gasteiger charge is 2.27. The molecule has 5 rings (SSSR count). The van der Waals surface area contributed by atoms with Crippen LogP contribution in [0.5, 0.6) is 16.6 Å². The monoisotopic (exact) mass is 504 g/mol. The second-order valence-electron chi connectivity index (χ2n) is 7.62. The number of allylic oxidation sites excluding steroid dienone is 1. The fraction of sp³-hybridized carbons (Fsp3) is 0.111. The molecular weight excluding hydrogens is 484 g/mol. The number of fused-ring (bicyclic) bond motifs is 1. The first-order valence-corrected chi connectivity index (χ1v) is 12.6. The van der Waals surface area contributed by atoms with Gasteiger partial charge in [0.2, 0.25) is 0 Å². The Morgan fingerprint density at radius 1 is 1.06 bits per heavy atom. The minimum atomic E-state index is -0.569. The summed E-state index contributed by atoms with van der Waals surface area (Å²) in [5, 5.41) is 13.6. The lowest BCUT2D eigenvalue weighted by Gasteiger charge is -2.12. The van der Waals surface area contributed by atoms with Crippen molar-refractivity contribution in [3.63, 3.8) is 0 Å². The molecule has 1 aliphatic rings. The summed E-state index contributed by atoms with van der Waals surface area (Å²) in [5.41, 5.74) is 3.07. The van der Waals surface area contributed by atoms with Crippen molar-refractivity contribution in [2.75, 3.05) is 6.61 Å². The van der Waals surface area contributed by atoms with Crippen LogP contribution in [0.15, 0.2) is 72.3 Å². The molecule has 0 aliphatic carbocycles. The van der Waals surface area contributed by atoms with Crippen molar-refractivity contribution in [1.29, 1.82) is 0 Å². The van der Waals surface area contributed by atoms with Gasteiger partial charge in [-0.25, -0.2) is 9.59 Å². The van der Waals surface area contributed by atoms with Crippen molar-refractivity contribution in [3.8, 4) is 38.1 Å². The molecule has 0 bridgehead atoms. The maximum absolute atomic E-state index is 13.2. The molecule has 1 aliphatic heterocycles. The molecule has 0 atom stereocenters. The highest BCUT2D eigenvalue weighted by molar-refractivity contribution is 7.18. The van der Waals surface area contributed by atoms with Crippen molar-refractivity contribution in [3.05, 3.63) is 88.3 Å². The number of benzene rings is 2. The molecule has 6 nitrogen and oxygen atoms in total. The van der Waals surface area contributed by atoms with E-state index in [0.717, 1.165) is 28.9 Å². The van der Waals surface area contributed by atoms with Gasteiger partial charge < -0.3 is 19.3 Å². The Hall–Kier alpha value is -3.88. The van der Waals surface area contributed by atoms with Crippen LogP contribution in [0.2, 0.25) is 0 Å². The zero-order valence-electron chi connectivity index (χ0n) is 18.6. The number of ether oxygens (including phenoxy) is 3. The third kappa shape index (κ3) is 4.58. The molecule has 0 spiro atoms. The fourth-order valence-electron chi connectivity index (χ4n) is 3.75. The van der Waals surface area contributed by atoms with Gasteiger partial charge in [0.1, 0.15) is 16.4 Å². The number of thiophene rings is 2. The highest BCUT2D eigenvalue weighted by Crippen LogP contribution is 2.48. The maximum Gasteiger partial charge on any atom is 0.355 e. The van der Waals surface area contributed by atoms with Gasteiger partial charge >= 0.3 is 11.9 Å². The summed E-state index contributed by atoms with van der Waals surface area (Å²) in [7, 11) is 0. The largest absolute Gasteiger partial charge is 0.506 e. The van der Waals surface area contributed by atoms with Crippen LogP contribution in [-0.4, -0.2) is 23.7 Å². The van der Waals surface area contributed by atoms with Gasteiger partial charge in [0.25, 0.3) is 0 Å². The molecule has 176 valence electrons. The highest BCUT2D eigenvalue weighted by atomic mass is 32.1. The molecule has 0 saturated heterocycles. The Kier molecular flexibility index (Phi) is 6.39. The van der Waals surface area contributed by atoms with E-state index < -0.39 is 11.9 Å². The number of hydrogen-bond acceptors (Lipinski definition) is 8. The van der Waals surface area contributed by atoms with Gasteiger partial charge in [-0.1, -0.05) is 24.3 Å². The van der Waals surface area contributed by atoms with Crippen LogP contribution in [-0.2, 0) is 11.2 Å². The number of rotatable bonds is 6. The number of carbonyl (C=O) groups excluding carboxylic acids is 2. The normalized spacial score (nSPS) is 12.0. The first-order chi connectivity index (χ1) is 17.0. The predicted molar refractivity (Wildman–Crippen MR) is 136 cm³/mol. The Morgan fingerprint density at radius 2 is 1.86 bits per heavy atom. The number of carbonyl (C=O) groups is 2. The van der Waals surface area contributed by atoms with Gasteiger partial charge in [0.05, 0.1) is 23.3 Å². The quantitative estimate of drug-likeness (QED) is 0.295. The Bertz CT molecular complexity index is 1410. The first kappa shape index (κ1) is 22.9. The van der Waals surface area contributed by atoms with Crippen molar-refractivity contribution in [2.24, 2.45) is 0 Å². The average molecular weight is 505 g/mol. The summed E-state index contributed by atoms with van der Waals surface area (Å²) in [5.74, 6) is -0.334. The summed E-state index contributed by atoms with van der Waals surface area (Å²) < 4.78 is 16.2. The van der Waals surface area contributed by atoms with E-state index >= 15 is 0 Å². The van der Waals surface area contributed by atoms with Crippen LogP contribution in [0, 0.1) is 0 Å². The van der Waals surface area contributed by atoms with Crippen LogP contribution in [0.3, 0.4) is 0 Å². The minimum Gasteiger partial charge on any atom is -0.506 e. The molecule has 0 unspecified atom stereocenters. The fourth-order valence-corrected chi connectivity index (χ4v) is 5.41. The Balaban J connectivity index is 1.59. The van der Waals surface area contributed by atoms with Gasteiger partial charge in [-0.15, -0.1) is 22.7 Å². The Morgan fingerprint density at radius 3 is 2.60 bits per heavy atom. The van der Waals surface area contributed by atoms with Crippen molar-refractivity contribution in [1.82, 2.24) is 0 Å². The lowest BCUT2D eigenvalue weighted by molar-refractivity contribution is 0.0526. The standard InChI is InChI=1S/C27H20O6S2/c1-2-31-26(29)18-10-8-17(9-11-18)22-23(28)24(19-12-7-16-5-3-13-32-20(16)15-19)35-25(22)27(30)33-21-6-4-14-34-21/h3-4,6-15,28H,2,5H2,1H3. The third-order valence-corrected chi connectivity index (χ3v) is 7.35. The average Bonchev–Trinajstić information content (AvgIpc) is 3.51. The molecule has 2 aromatic heterocycles. The predicted octanol–water partition coefficient (Wildman–Crippen LogP) is 6.69. The topological polar surface area (TPSA) is 82.1 Å². The van der Waals surface area contributed by atoms with E-state index in [1.165, 1.54) is 11.3 Å². The van der Waals surface area contributed by atoms with E-state index in [2.05, 4.69) is 0 Å². The SMILES string of the molecule is CCOC(=O)c1ccc(-c2c(C(=O)Oc3cccs3)sc(-c3ccc4c(c3)OC=CC4)c2O)cc1. The molecule has 0 saturated carbocycles. The molecule has 3 heterocycles. The molecule has 0 radical (unpaired) electrons. The zero-order valence-corrected chi connectivity index (χ0v) is 20.3. The van der Waals surface area contributed by atoms with E-state index in [1.54, 1.807) is 49.6 Å². The van der Waals surface area contributed by atoms with E-state index in [9.17, 15) is 14.7 Å². The molecule has 1 N–H and O–H groups in total. The maximum atomic E-state index is 13.2. The van der Waals surface area contributed by atoms with Crippen LogP contribution >= 0.6 is 22.7 Å². The van der Waals surface area contributed by atoms with Gasteiger partial charge in [-0.2, -0.15) is 0 Å². The summed E-state index contributed by atoms with van der Waals surface area (Å²) in [4.78, 5) is 26.0. The van der Waals surface area contributed by atoms with E-state index in [1.807, 2.05) is 29.7 Å². The van der Waals surface area contributed by atoms with E-state index in [4.69, 9.17) is 14.2 Å². The van der Waals surface area contributed by atoms with Crippen LogP contribution in [0.4, 0.5) is 0 Å². The number of hydrogen-bond donors (Lipinski definition) is 1. The lowest BCUT2D eigenvalue weighted by Crippen LogP contribution is -2.07.